The third-order valence-electron chi connectivity index (χ3n) is 5.37. The Labute approximate surface area is 186 Å². The molecule has 0 saturated carbocycles. The minimum atomic E-state index is -1.10. The first-order chi connectivity index (χ1) is 15.8. The number of amides is 5. The molecule has 1 unspecified atom stereocenters. The molecule has 1 atom stereocenters. The van der Waals surface area contributed by atoms with E-state index in [-0.39, 0.29) is 41.8 Å². The van der Waals surface area contributed by atoms with Crippen molar-refractivity contribution in [1.29, 1.82) is 0 Å². The molecular weight excluding hydrogens is 435 g/mol. The van der Waals surface area contributed by atoms with E-state index in [0.29, 0.717) is 5.56 Å². The number of nitrogens with one attached hydrogen (secondary N) is 2. The van der Waals surface area contributed by atoms with Crippen molar-refractivity contribution < 1.29 is 33.6 Å². The van der Waals surface area contributed by atoms with Crippen LogP contribution < -0.4 is 10.6 Å². The van der Waals surface area contributed by atoms with Crippen LogP contribution >= 0.6 is 0 Å². The molecule has 2 aliphatic rings. The lowest BCUT2D eigenvalue weighted by Gasteiger charge is -2.27. The Morgan fingerprint density at radius 3 is 2.45 bits per heavy atom. The van der Waals surface area contributed by atoms with Gasteiger partial charge in [0.2, 0.25) is 11.8 Å². The van der Waals surface area contributed by atoms with Gasteiger partial charge < -0.3 is 10.5 Å². The smallest absolute Gasteiger partial charge is 0.273 e. The SMILES string of the molecule is O=C1CCC(N2C(=O)c3ccc(NC(=O)/C(Cc4ccc(F)cc4)=N/O)cc3C2=O)C(=O)N1. The number of carbonyl (C=O) groups excluding carboxylic acids is 5. The summed E-state index contributed by atoms with van der Waals surface area (Å²) in [5, 5.41) is 16.8. The highest BCUT2D eigenvalue weighted by molar-refractivity contribution is 6.43. The quantitative estimate of drug-likeness (QED) is 0.269. The fourth-order valence-electron chi connectivity index (χ4n) is 3.71. The molecular formula is C22H17FN4O6. The summed E-state index contributed by atoms with van der Waals surface area (Å²) in [5.74, 6) is -3.80. The van der Waals surface area contributed by atoms with E-state index in [1.807, 2.05) is 0 Å². The van der Waals surface area contributed by atoms with Crippen LogP contribution in [0.15, 0.2) is 47.6 Å². The van der Waals surface area contributed by atoms with Crippen LogP contribution in [0, 0.1) is 5.82 Å². The Bertz CT molecular complexity index is 1220. The third kappa shape index (κ3) is 4.20. The van der Waals surface area contributed by atoms with Gasteiger partial charge >= 0.3 is 0 Å². The zero-order valence-corrected chi connectivity index (χ0v) is 17.0. The topological polar surface area (TPSA) is 145 Å². The van der Waals surface area contributed by atoms with Crippen LogP contribution in [-0.2, 0) is 20.8 Å². The summed E-state index contributed by atoms with van der Waals surface area (Å²) in [6.07, 6.45) is -0.0455. The molecule has 2 aromatic carbocycles. The van der Waals surface area contributed by atoms with Gasteiger partial charge in [-0.15, -0.1) is 0 Å². The van der Waals surface area contributed by atoms with Gasteiger partial charge in [-0.1, -0.05) is 17.3 Å². The Hall–Kier alpha value is -4.41. The summed E-state index contributed by atoms with van der Waals surface area (Å²) in [6, 6.07) is 8.21. The Morgan fingerprint density at radius 2 is 1.79 bits per heavy atom. The van der Waals surface area contributed by atoms with Gasteiger partial charge in [0.25, 0.3) is 17.7 Å². The average molecular weight is 452 g/mol. The van der Waals surface area contributed by atoms with Crippen molar-refractivity contribution in [2.24, 2.45) is 5.16 Å². The Morgan fingerprint density at radius 1 is 1.09 bits per heavy atom. The van der Waals surface area contributed by atoms with E-state index in [9.17, 15) is 33.6 Å². The van der Waals surface area contributed by atoms with E-state index in [4.69, 9.17) is 0 Å². The molecule has 0 aliphatic carbocycles. The molecule has 0 aromatic heterocycles. The molecule has 10 nitrogen and oxygen atoms in total. The lowest BCUT2D eigenvalue weighted by atomic mass is 10.0. The van der Waals surface area contributed by atoms with Crippen LogP contribution in [0.5, 0.6) is 0 Å². The molecule has 2 aliphatic heterocycles. The van der Waals surface area contributed by atoms with Crippen molar-refractivity contribution in [3.05, 3.63) is 65.0 Å². The molecule has 1 saturated heterocycles. The van der Waals surface area contributed by atoms with Gasteiger partial charge in [0.15, 0.2) is 0 Å². The van der Waals surface area contributed by atoms with Gasteiger partial charge in [0.1, 0.15) is 17.6 Å². The van der Waals surface area contributed by atoms with Crippen molar-refractivity contribution in [2.75, 3.05) is 5.32 Å². The van der Waals surface area contributed by atoms with Crippen LogP contribution in [0.1, 0.15) is 39.1 Å². The number of halogens is 1. The van der Waals surface area contributed by atoms with Crippen LogP contribution in [0.3, 0.4) is 0 Å². The summed E-state index contributed by atoms with van der Waals surface area (Å²) in [6.45, 7) is 0. The van der Waals surface area contributed by atoms with E-state index in [2.05, 4.69) is 15.8 Å². The van der Waals surface area contributed by atoms with Gasteiger partial charge in [-0.05, 0) is 42.3 Å². The lowest BCUT2D eigenvalue weighted by molar-refractivity contribution is -0.136. The van der Waals surface area contributed by atoms with Gasteiger partial charge in [-0.25, -0.2) is 4.39 Å². The molecule has 0 bridgehead atoms. The summed E-state index contributed by atoms with van der Waals surface area (Å²) in [5.41, 5.74) is 0.488. The van der Waals surface area contributed by atoms with E-state index in [1.54, 1.807) is 0 Å². The van der Waals surface area contributed by atoms with E-state index in [1.165, 1.54) is 42.5 Å². The highest BCUT2D eigenvalue weighted by atomic mass is 19.1. The Balaban J connectivity index is 1.50. The molecule has 3 N–H and O–H groups in total. The zero-order chi connectivity index (χ0) is 23.7. The molecule has 1 fully saturated rings. The highest BCUT2D eigenvalue weighted by Gasteiger charge is 2.44. The first kappa shape index (κ1) is 21.8. The summed E-state index contributed by atoms with van der Waals surface area (Å²) >= 11 is 0. The number of hydrogen-bond donors (Lipinski definition) is 3. The number of hydrogen-bond acceptors (Lipinski definition) is 7. The maximum atomic E-state index is 13.1. The predicted molar refractivity (Wildman–Crippen MR) is 111 cm³/mol. The van der Waals surface area contributed by atoms with Gasteiger partial charge in [0.05, 0.1) is 11.1 Å². The first-order valence-electron chi connectivity index (χ1n) is 9.91. The Kier molecular flexibility index (Phi) is 5.69. The molecule has 33 heavy (non-hydrogen) atoms. The summed E-state index contributed by atoms with van der Waals surface area (Å²) in [7, 11) is 0. The molecule has 4 rings (SSSR count). The molecule has 5 amide bonds. The second kappa shape index (κ2) is 8.61. The van der Waals surface area contributed by atoms with Crippen LogP contribution in [0.2, 0.25) is 0 Å². The maximum Gasteiger partial charge on any atom is 0.273 e. The number of nitrogens with zero attached hydrogens (tertiary/aromatic N) is 2. The first-order valence-corrected chi connectivity index (χ1v) is 9.91. The van der Waals surface area contributed by atoms with Crippen LogP contribution in [-0.4, -0.2) is 51.4 Å². The number of piperidine rings is 1. The maximum absolute atomic E-state index is 13.1. The number of imide groups is 2. The number of rotatable bonds is 5. The molecule has 0 radical (unpaired) electrons. The molecule has 0 spiro atoms. The fourth-order valence-corrected chi connectivity index (χ4v) is 3.71. The normalized spacial score (nSPS) is 18.3. The number of oxime groups is 1. The largest absolute Gasteiger partial charge is 0.410 e. The van der Waals surface area contributed by atoms with Crippen LogP contribution in [0.25, 0.3) is 0 Å². The van der Waals surface area contributed by atoms with E-state index < -0.39 is 41.4 Å². The second-order valence-corrected chi connectivity index (χ2v) is 7.51. The number of carbonyl (C=O) groups is 5. The third-order valence-corrected chi connectivity index (χ3v) is 5.37. The number of anilines is 1. The number of fused-ring (bicyclic) bond motifs is 1. The minimum absolute atomic E-state index is 0.00243. The van der Waals surface area contributed by atoms with Crippen molar-refractivity contribution in [1.82, 2.24) is 10.2 Å². The standard InChI is InChI=1S/C22H17FN4O6/c23-12-3-1-11(2-4-12)9-16(26-33)19(29)24-13-5-6-14-15(10-13)22(32)27(21(14)31)17-7-8-18(28)25-20(17)30/h1-6,10,17,33H,7-9H2,(H,24,29)(H,25,28,30)/b26-16+. The van der Waals surface area contributed by atoms with E-state index in [0.717, 1.165) is 4.90 Å². The monoisotopic (exact) mass is 452 g/mol. The predicted octanol–water partition coefficient (Wildman–Crippen LogP) is 1.24. The fraction of sp³-hybridized carbons (Fsp3) is 0.182. The molecule has 11 heteroatoms. The van der Waals surface area contributed by atoms with Crippen molar-refractivity contribution in [3.8, 4) is 0 Å². The summed E-state index contributed by atoms with van der Waals surface area (Å²) in [4.78, 5) is 62.4. The van der Waals surface area contributed by atoms with Crippen LogP contribution in [0.4, 0.5) is 10.1 Å². The molecule has 2 heterocycles. The highest BCUT2D eigenvalue weighted by Crippen LogP contribution is 2.29. The van der Waals surface area contributed by atoms with Crippen molar-refractivity contribution >= 4 is 40.9 Å². The lowest BCUT2D eigenvalue weighted by Crippen LogP contribution is -2.54. The molecule has 168 valence electrons. The van der Waals surface area contributed by atoms with Gasteiger partial charge in [0, 0.05) is 18.5 Å². The average Bonchev–Trinajstić information content (AvgIpc) is 3.03. The summed E-state index contributed by atoms with van der Waals surface area (Å²) < 4.78 is 13.1. The van der Waals surface area contributed by atoms with Crippen molar-refractivity contribution in [3.63, 3.8) is 0 Å². The van der Waals surface area contributed by atoms with Gasteiger partial charge in [-0.2, -0.15) is 0 Å². The second-order valence-electron chi connectivity index (χ2n) is 7.51. The molecule has 2 aromatic rings. The van der Waals surface area contributed by atoms with E-state index >= 15 is 0 Å². The van der Waals surface area contributed by atoms with Crippen molar-refractivity contribution in [2.45, 2.75) is 25.3 Å². The number of benzene rings is 2. The van der Waals surface area contributed by atoms with Gasteiger partial charge in [-0.3, -0.25) is 34.2 Å². The minimum Gasteiger partial charge on any atom is -0.410 e. The zero-order valence-electron chi connectivity index (χ0n) is 17.0.